The van der Waals surface area contributed by atoms with Crippen molar-refractivity contribution in [2.45, 2.75) is 58.0 Å². The first-order chi connectivity index (χ1) is 11.7. The SMILES string of the molecule is CCOC(=O)C1CC2(CCCCC2)CN1Cc1ccc(OC)cc1. The predicted molar refractivity (Wildman–Crippen MR) is 94.0 cm³/mol. The monoisotopic (exact) mass is 331 g/mol. The number of benzene rings is 1. The smallest absolute Gasteiger partial charge is 0.323 e. The number of nitrogens with zero attached hydrogens (tertiary/aromatic N) is 1. The van der Waals surface area contributed by atoms with E-state index in [1.165, 1.54) is 37.7 Å². The molecule has 132 valence electrons. The van der Waals surface area contributed by atoms with E-state index in [0.717, 1.165) is 25.3 Å². The fourth-order valence-corrected chi connectivity index (χ4v) is 4.41. The second-order valence-electron chi connectivity index (χ2n) is 7.29. The third-order valence-electron chi connectivity index (χ3n) is 5.62. The lowest BCUT2D eigenvalue weighted by molar-refractivity contribution is -0.148. The van der Waals surface area contributed by atoms with Crippen LogP contribution in [0.3, 0.4) is 0 Å². The fraction of sp³-hybridized carbons (Fsp3) is 0.650. The van der Waals surface area contributed by atoms with Gasteiger partial charge in [-0.15, -0.1) is 0 Å². The molecule has 0 bridgehead atoms. The predicted octanol–water partition coefficient (Wildman–Crippen LogP) is 3.78. The minimum absolute atomic E-state index is 0.0477. The van der Waals surface area contributed by atoms with E-state index in [2.05, 4.69) is 17.0 Å². The lowest BCUT2D eigenvalue weighted by Gasteiger charge is -2.33. The van der Waals surface area contributed by atoms with Crippen molar-refractivity contribution in [2.75, 3.05) is 20.3 Å². The Balaban J connectivity index is 1.74. The highest BCUT2D eigenvalue weighted by Crippen LogP contribution is 2.46. The zero-order valence-corrected chi connectivity index (χ0v) is 14.9. The van der Waals surface area contributed by atoms with Crippen LogP contribution in [0.15, 0.2) is 24.3 Å². The number of ether oxygens (including phenoxy) is 2. The van der Waals surface area contributed by atoms with Crippen LogP contribution >= 0.6 is 0 Å². The van der Waals surface area contributed by atoms with Crippen LogP contribution in [0.4, 0.5) is 0 Å². The lowest BCUT2D eigenvalue weighted by atomic mass is 9.73. The molecule has 1 atom stereocenters. The van der Waals surface area contributed by atoms with Crippen LogP contribution in [0.5, 0.6) is 5.75 Å². The third-order valence-corrected chi connectivity index (χ3v) is 5.62. The molecule has 1 aliphatic heterocycles. The third kappa shape index (κ3) is 3.75. The van der Waals surface area contributed by atoms with E-state index in [1.807, 2.05) is 19.1 Å². The Morgan fingerprint density at radius 1 is 1.21 bits per heavy atom. The number of carbonyl (C=O) groups excluding carboxylic acids is 1. The summed E-state index contributed by atoms with van der Waals surface area (Å²) in [6.07, 6.45) is 7.40. The Hall–Kier alpha value is -1.55. The molecule has 3 rings (SSSR count). The molecule has 4 heteroatoms. The van der Waals surface area contributed by atoms with Gasteiger partial charge in [0.15, 0.2) is 0 Å². The molecule has 0 radical (unpaired) electrons. The summed E-state index contributed by atoms with van der Waals surface area (Å²) in [4.78, 5) is 14.8. The number of hydrogen-bond donors (Lipinski definition) is 0. The van der Waals surface area contributed by atoms with Gasteiger partial charge in [0.2, 0.25) is 0 Å². The van der Waals surface area contributed by atoms with E-state index in [9.17, 15) is 4.79 Å². The van der Waals surface area contributed by atoms with Crippen LogP contribution in [0.2, 0.25) is 0 Å². The molecule has 1 saturated heterocycles. The minimum atomic E-state index is -0.0925. The Morgan fingerprint density at radius 3 is 2.54 bits per heavy atom. The Bertz CT molecular complexity index is 549. The number of methoxy groups -OCH3 is 1. The summed E-state index contributed by atoms with van der Waals surface area (Å²) >= 11 is 0. The van der Waals surface area contributed by atoms with Gasteiger partial charge in [0.05, 0.1) is 13.7 Å². The molecule has 1 aliphatic carbocycles. The number of carbonyl (C=O) groups is 1. The first-order valence-corrected chi connectivity index (χ1v) is 9.19. The van der Waals surface area contributed by atoms with Crippen molar-refractivity contribution >= 4 is 5.97 Å². The van der Waals surface area contributed by atoms with Crippen molar-refractivity contribution < 1.29 is 14.3 Å². The van der Waals surface area contributed by atoms with Crippen molar-refractivity contribution in [3.8, 4) is 5.75 Å². The highest BCUT2D eigenvalue weighted by Gasteiger charge is 2.47. The summed E-state index contributed by atoms with van der Waals surface area (Å²) in [5.74, 6) is 0.819. The van der Waals surface area contributed by atoms with Crippen LogP contribution < -0.4 is 4.74 Å². The van der Waals surface area contributed by atoms with E-state index in [0.29, 0.717) is 12.0 Å². The second-order valence-corrected chi connectivity index (χ2v) is 7.29. The zero-order chi connectivity index (χ0) is 17.0. The van der Waals surface area contributed by atoms with Gasteiger partial charge in [-0.3, -0.25) is 9.69 Å². The van der Waals surface area contributed by atoms with Crippen molar-refractivity contribution in [3.05, 3.63) is 29.8 Å². The first-order valence-electron chi connectivity index (χ1n) is 9.19. The average Bonchev–Trinajstić information content (AvgIpc) is 2.94. The number of rotatable bonds is 5. The molecule has 24 heavy (non-hydrogen) atoms. The van der Waals surface area contributed by atoms with Gasteiger partial charge in [0, 0.05) is 13.1 Å². The van der Waals surface area contributed by atoms with Gasteiger partial charge in [-0.05, 0) is 49.3 Å². The molecule has 0 aromatic heterocycles. The zero-order valence-electron chi connectivity index (χ0n) is 14.9. The quantitative estimate of drug-likeness (QED) is 0.770. The summed E-state index contributed by atoms with van der Waals surface area (Å²) in [5.41, 5.74) is 1.54. The molecule has 1 spiro atoms. The van der Waals surface area contributed by atoms with E-state index in [1.54, 1.807) is 7.11 Å². The van der Waals surface area contributed by atoms with Gasteiger partial charge in [-0.1, -0.05) is 31.4 Å². The van der Waals surface area contributed by atoms with E-state index in [4.69, 9.17) is 9.47 Å². The van der Waals surface area contributed by atoms with Crippen molar-refractivity contribution in [1.82, 2.24) is 4.90 Å². The van der Waals surface area contributed by atoms with Crippen LogP contribution in [-0.2, 0) is 16.1 Å². The Kier molecular flexibility index (Phi) is 5.44. The summed E-state index contributed by atoms with van der Waals surface area (Å²) in [6.45, 7) is 4.16. The van der Waals surface area contributed by atoms with Crippen molar-refractivity contribution in [1.29, 1.82) is 0 Å². The maximum atomic E-state index is 12.5. The molecule has 1 saturated carbocycles. The van der Waals surface area contributed by atoms with Crippen LogP contribution in [0.1, 0.15) is 51.0 Å². The molecule has 4 nitrogen and oxygen atoms in total. The largest absolute Gasteiger partial charge is 0.497 e. The average molecular weight is 331 g/mol. The van der Waals surface area contributed by atoms with Crippen LogP contribution in [-0.4, -0.2) is 37.2 Å². The second kappa shape index (κ2) is 7.56. The van der Waals surface area contributed by atoms with E-state index in [-0.39, 0.29) is 12.0 Å². The highest BCUT2D eigenvalue weighted by molar-refractivity contribution is 5.76. The minimum Gasteiger partial charge on any atom is -0.497 e. The molecular formula is C20H29NO3. The summed E-state index contributed by atoms with van der Waals surface area (Å²) in [6, 6.07) is 8.06. The molecule has 2 aliphatic rings. The number of esters is 1. The molecule has 1 unspecified atom stereocenters. The molecular weight excluding hydrogens is 302 g/mol. The number of hydrogen-bond acceptors (Lipinski definition) is 4. The van der Waals surface area contributed by atoms with E-state index >= 15 is 0 Å². The van der Waals surface area contributed by atoms with Gasteiger partial charge in [-0.25, -0.2) is 0 Å². The Labute approximate surface area is 145 Å². The number of likely N-dealkylation sites (tertiary alicyclic amines) is 1. The van der Waals surface area contributed by atoms with Gasteiger partial charge in [-0.2, -0.15) is 0 Å². The van der Waals surface area contributed by atoms with E-state index < -0.39 is 0 Å². The van der Waals surface area contributed by atoms with Crippen molar-refractivity contribution in [2.24, 2.45) is 5.41 Å². The van der Waals surface area contributed by atoms with Crippen molar-refractivity contribution in [3.63, 3.8) is 0 Å². The fourth-order valence-electron chi connectivity index (χ4n) is 4.41. The lowest BCUT2D eigenvalue weighted by Crippen LogP contribution is -2.37. The first kappa shape index (κ1) is 17.3. The summed E-state index contributed by atoms with van der Waals surface area (Å²) < 4.78 is 10.6. The highest BCUT2D eigenvalue weighted by atomic mass is 16.5. The summed E-state index contributed by atoms with van der Waals surface area (Å²) in [5, 5.41) is 0. The van der Waals surface area contributed by atoms with Gasteiger partial charge in [0.1, 0.15) is 11.8 Å². The van der Waals surface area contributed by atoms with Crippen LogP contribution in [0.25, 0.3) is 0 Å². The maximum Gasteiger partial charge on any atom is 0.323 e. The normalized spacial score (nSPS) is 23.3. The molecule has 1 aromatic rings. The molecule has 1 heterocycles. The Morgan fingerprint density at radius 2 is 1.92 bits per heavy atom. The molecule has 0 amide bonds. The standard InChI is InChI=1S/C20H29NO3/c1-3-24-19(22)18-13-20(11-5-4-6-12-20)15-21(18)14-16-7-9-17(23-2)10-8-16/h7-10,18H,3-6,11-15H2,1-2H3. The van der Waals surface area contributed by atoms with Gasteiger partial charge in [0.25, 0.3) is 0 Å². The molecule has 2 fully saturated rings. The van der Waals surface area contributed by atoms with Crippen LogP contribution in [0, 0.1) is 5.41 Å². The topological polar surface area (TPSA) is 38.8 Å². The van der Waals surface area contributed by atoms with Gasteiger partial charge >= 0.3 is 5.97 Å². The molecule has 0 N–H and O–H groups in total. The van der Waals surface area contributed by atoms with Gasteiger partial charge < -0.3 is 9.47 Å². The summed E-state index contributed by atoms with van der Waals surface area (Å²) in [7, 11) is 1.68. The molecule has 1 aromatic carbocycles. The maximum absolute atomic E-state index is 12.5.